The third-order valence-corrected chi connectivity index (χ3v) is 3.33. The lowest BCUT2D eigenvalue weighted by atomic mass is 10.2. The first-order chi connectivity index (χ1) is 11.1. The standard InChI is InChI=1S/C16H13ClFN5/c1-10-7-11(17)5-6-14(10)21-15-9-19-23-16(22-15)20-13-4-2-3-12(18)8-13/h2-9H,1H3,(H2,20,21,22,23). The molecule has 0 aliphatic rings. The van der Waals surface area contributed by atoms with E-state index in [1.165, 1.54) is 18.3 Å². The largest absolute Gasteiger partial charge is 0.339 e. The Morgan fingerprint density at radius 1 is 1.09 bits per heavy atom. The predicted octanol–water partition coefficient (Wildman–Crippen LogP) is 4.46. The maximum atomic E-state index is 13.2. The van der Waals surface area contributed by atoms with Gasteiger partial charge in [-0.3, -0.25) is 0 Å². The van der Waals surface area contributed by atoms with Crippen LogP contribution in [0.3, 0.4) is 0 Å². The Hall–Kier alpha value is -2.73. The van der Waals surface area contributed by atoms with Gasteiger partial charge in [0.2, 0.25) is 5.95 Å². The highest BCUT2D eigenvalue weighted by molar-refractivity contribution is 6.30. The lowest BCUT2D eigenvalue weighted by molar-refractivity contribution is 0.628. The van der Waals surface area contributed by atoms with Crippen LogP contribution in [0.25, 0.3) is 0 Å². The molecule has 116 valence electrons. The molecule has 23 heavy (non-hydrogen) atoms. The molecule has 3 aromatic rings. The first-order valence-electron chi connectivity index (χ1n) is 6.86. The molecule has 0 bridgehead atoms. The van der Waals surface area contributed by atoms with E-state index in [1.54, 1.807) is 18.2 Å². The summed E-state index contributed by atoms with van der Waals surface area (Å²) in [5.41, 5.74) is 2.40. The molecule has 2 N–H and O–H groups in total. The summed E-state index contributed by atoms with van der Waals surface area (Å²) in [6.45, 7) is 1.94. The van der Waals surface area contributed by atoms with Crippen molar-refractivity contribution < 1.29 is 4.39 Å². The minimum absolute atomic E-state index is 0.271. The molecule has 0 radical (unpaired) electrons. The van der Waals surface area contributed by atoms with E-state index >= 15 is 0 Å². The molecule has 0 spiro atoms. The van der Waals surface area contributed by atoms with E-state index in [-0.39, 0.29) is 11.8 Å². The second-order valence-corrected chi connectivity index (χ2v) is 5.32. The summed E-state index contributed by atoms with van der Waals surface area (Å²) >= 11 is 5.94. The van der Waals surface area contributed by atoms with Gasteiger partial charge in [-0.1, -0.05) is 17.7 Å². The lowest BCUT2D eigenvalue weighted by Crippen LogP contribution is -2.03. The van der Waals surface area contributed by atoms with Crippen molar-refractivity contribution in [1.82, 2.24) is 15.2 Å². The van der Waals surface area contributed by atoms with Crippen LogP contribution in [0, 0.1) is 12.7 Å². The Bertz CT molecular complexity index is 840. The van der Waals surface area contributed by atoms with Gasteiger partial charge in [0, 0.05) is 16.4 Å². The molecule has 7 heteroatoms. The topological polar surface area (TPSA) is 62.7 Å². The van der Waals surface area contributed by atoms with Crippen LogP contribution in [0.4, 0.5) is 27.5 Å². The van der Waals surface area contributed by atoms with Gasteiger partial charge in [0.05, 0.1) is 6.20 Å². The summed E-state index contributed by atoms with van der Waals surface area (Å²) in [6.07, 6.45) is 1.50. The van der Waals surface area contributed by atoms with Crippen molar-refractivity contribution in [1.29, 1.82) is 0 Å². The molecule has 0 aliphatic carbocycles. The molecule has 0 saturated carbocycles. The molecule has 0 aliphatic heterocycles. The first kappa shape index (κ1) is 15.2. The Balaban J connectivity index is 1.79. The SMILES string of the molecule is Cc1cc(Cl)ccc1Nc1cnnc(Nc2cccc(F)c2)n1. The third-order valence-electron chi connectivity index (χ3n) is 3.09. The van der Waals surface area contributed by atoms with Crippen molar-refractivity contribution in [3.8, 4) is 0 Å². The van der Waals surface area contributed by atoms with Gasteiger partial charge in [0.25, 0.3) is 0 Å². The van der Waals surface area contributed by atoms with Crippen molar-refractivity contribution in [2.45, 2.75) is 6.92 Å². The van der Waals surface area contributed by atoms with Crippen LogP contribution in [-0.2, 0) is 0 Å². The zero-order valence-electron chi connectivity index (χ0n) is 12.2. The molecule has 0 amide bonds. The van der Waals surface area contributed by atoms with Gasteiger partial charge in [-0.05, 0) is 48.9 Å². The number of anilines is 4. The van der Waals surface area contributed by atoms with E-state index in [0.29, 0.717) is 16.5 Å². The quantitative estimate of drug-likeness (QED) is 0.740. The van der Waals surface area contributed by atoms with E-state index in [2.05, 4.69) is 25.8 Å². The molecular formula is C16H13ClFN5. The van der Waals surface area contributed by atoms with Crippen molar-refractivity contribution in [2.24, 2.45) is 0 Å². The average Bonchev–Trinajstić information content (AvgIpc) is 2.51. The highest BCUT2D eigenvalue weighted by atomic mass is 35.5. The van der Waals surface area contributed by atoms with Gasteiger partial charge in [0.15, 0.2) is 5.82 Å². The van der Waals surface area contributed by atoms with E-state index in [0.717, 1.165) is 11.3 Å². The zero-order valence-corrected chi connectivity index (χ0v) is 13.0. The molecule has 1 aromatic heterocycles. The molecule has 5 nitrogen and oxygen atoms in total. The number of nitrogens with zero attached hydrogens (tertiary/aromatic N) is 3. The van der Waals surface area contributed by atoms with Gasteiger partial charge in [-0.15, -0.1) is 5.10 Å². The number of hydrogen-bond donors (Lipinski definition) is 2. The van der Waals surface area contributed by atoms with Crippen molar-refractivity contribution in [3.63, 3.8) is 0 Å². The van der Waals surface area contributed by atoms with Gasteiger partial charge in [-0.2, -0.15) is 10.1 Å². The summed E-state index contributed by atoms with van der Waals surface area (Å²) < 4.78 is 13.2. The minimum atomic E-state index is -0.339. The fourth-order valence-electron chi connectivity index (χ4n) is 2.02. The van der Waals surface area contributed by atoms with E-state index in [1.807, 2.05) is 19.1 Å². The second kappa shape index (κ2) is 6.58. The number of aryl methyl sites for hydroxylation is 1. The molecule has 2 aromatic carbocycles. The fraction of sp³-hybridized carbons (Fsp3) is 0.0625. The van der Waals surface area contributed by atoms with Crippen molar-refractivity contribution in [3.05, 3.63) is 65.1 Å². The van der Waals surface area contributed by atoms with Crippen molar-refractivity contribution in [2.75, 3.05) is 10.6 Å². The average molecular weight is 330 g/mol. The zero-order chi connectivity index (χ0) is 16.2. The number of aromatic nitrogens is 3. The van der Waals surface area contributed by atoms with Crippen LogP contribution in [0.15, 0.2) is 48.7 Å². The molecule has 1 heterocycles. The number of hydrogen-bond acceptors (Lipinski definition) is 5. The third kappa shape index (κ3) is 3.92. The Kier molecular flexibility index (Phi) is 4.34. The van der Waals surface area contributed by atoms with E-state index in [9.17, 15) is 4.39 Å². The normalized spacial score (nSPS) is 10.4. The highest BCUT2D eigenvalue weighted by Gasteiger charge is 2.05. The molecule has 3 rings (SSSR count). The number of nitrogens with one attached hydrogen (secondary N) is 2. The van der Waals surface area contributed by atoms with Gasteiger partial charge >= 0.3 is 0 Å². The smallest absolute Gasteiger partial charge is 0.249 e. The molecule has 0 fully saturated rings. The maximum absolute atomic E-state index is 13.2. The second-order valence-electron chi connectivity index (χ2n) is 4.88. The van der Waals surface area contributed by atoms with Crippen LogP contribution in [0.2, 0.25) is 5.02 Å². The van der Waals surface area contributed by atoms with Crippen LogP contribution >= 0.6 is 11.6 Å². The Labute approximate surface area is 137 Å². The molecule has 0 saturated heterocycles. The van der Waals surface area contributed by atoms with Gasteiger partial charge < -0.3 is 10.6 Å². The summed E-state index contributed by atoms with van der Waals surface area (Å²) in [5, 5.41) is 14.5. The fourth-order valence-corrected chi connectivity index (χ4v) is 2.24. The summed E-state index contributed by atoms with van der Waals surface area (Å²) in [4.78, 5) is 4.31. The summed E-state index contributed by atoms with van der Waals surface area (Å²) in [6, 6.07) is 11.5. The summed E-state index contributed by atoms with van der Waals surface area (Å²) in [7, 11) is 0. The Morgan fingerprint density at radius 2 is 1.96 bits per heavy atom. The van der Waals surface area contributed by atoms with E-state index < -0.39 is 0 Å². The number of benzene rings is 2. The lowest BCUT2D eigenvalue weighted by Gasteiger charge is -2.10. The minimum Gasteiger partial charge on any atom is -0.339 e. The van der Waals surface area contributed by atoms with Crippen LogP contribution in [-0.4, -0.2) is 15.2 Å². The van der Waals surface area contributed by atoms with Crippen molar-refractivity contribution >= 4 is 34.7 Å². The van der Waals surface area contributed by atoms with E-state index in [4.69, 9.17) is 11.6 Å². The maximum Gasteiger partial charge on any atom is 0.249 e. The summed E-state index contributed by atoms with van der Waals surface area (Å²) in [5.74, 6) is 0.450. The Morgan fingerprint density at radius 3 is 2.74 bits per heavy atom. The number of halogens is 2. The van der Waals surface area contributed by atoms with Crippen LogP contribution in [0.1, 0.15) is 5.56 Å². The number of rotatable bonds is 4. The van der Waals surface area contributed by atoms with Gasteiger partial charge in [0.1, 0.15) is 5.82 Å². The monoisotopic (exact) mass is 329 g/mol. The highest BCUT2D eigenvalue weighted by Crippen LogP contribution is 2.23. The van der Waals surface area contributed by atoms with Crippen LogP contribution in [0.5, 0.6) is 0 Å². The van der Waals surface area contributed by atoms with Crippen LogP contribution < -0.4 is 10.6 Å². The first-order valence-corrected chi connectivity index (χ1v) is 7.23. The van der Waals surface area contributed by atoms with Gasteiger partial charge in [-0.25, -0.2) is 4.39 Å². The predicted molar refractivity (Wildman–Crippen MR) is 89.0 cm³/mol. The molecular weight excluding hydrogens is 317 g/mol. The molecule has 0 unspecified atom stereocenters. The molecule has 0 atom stereocenters.